The first-order valence-electron chi connectivity index (χ1n) is 9.80. The van der Waals surface area contributed by atoms with Gasteiger partial charge in [-0.15, -0.1) is 0 Å². The fourth-order valence-electron chi connectivity index (χ4n) is 3.04. The molecule has 1 aromatic carbocycles. The van der Waals surface area contributed by atoms with E-state index in [-0.39, 0.29) is 24.4 Å². The Kier molecular flexibility index (Phi) is 5.31. The van der Waals surface area contributed by atoms with Crippen molar-refractivity contribution in [1.82, 2.24) is 9.38 Å². The third kappa shape index (κ3) is 4.54. The molecule has 0 N–H and O–H groups in total. The van der Waals surface area contributed by atoms with Crippen molar-refractivity contribution >= 4 is 11.6 Å². The SMILES string of the molecule is CC(C)(C)c1ccc(OCc2ccc(C(=O)OCc3cn4ccccc4n3)o2)cc1. The van der Waals surface area contributed by atoms with E-state index >= 15 is 0 Å². The summed E-state index contributed by atoms with van der Waals surface area (Å²) >= 11 is 0. The molecule has 0 amide bonds. The Hall–Kier alpha value is -3.54. The van der Waals surface area contributed by atoms with Gasteiger partial charge < -0.3 is 18.3 Å². The lowest BCUT2D eigenvalue weighted by Gasteiger charge is -2.19. The molecule has 0 radical (unpaired) electrons. The van der Waals surface area contributed by atoms with Crippen molar-refractivity contribution in [3.63, 3.8) is 0 Å². The Balaban J connectivity index is 1.31. The maximum absolute atomic E-state index is 12.3. The minimum atomic E-state index is -0.534. The summed E-state index contributed by atoms with van der Waals surface area (Å²) in [4.78, 5) is 16.7. The van der Waals surface area contributed by atoms with Crippen LogP contribution in [0.2, 0.25) is 0 Å². The van der Waals surface area contributed by atoms with Crippen molar-refractivity contribution in [1.29, 1.82) is 0 Å². The molecule has 6 heteroatoms. The normalized spacial score (nSPS) is 11.6. The Morgan fingerprint density at radius 3 is 2.57 bits per heavy atom. The summed E-state index contributed by atoms with van der Waals surface area (Å²) in [6.07, 6.45) is 3.72. The first-order chi connectivity index (χ1) is 14.4. The van der Waals surface area contributed by atoms with Crippen LogP contribution in [0.3, 0.4) is 0 Å². The summed E-state index contributed by atoms with van der Waals surface area (Å²) in [6.45, 7) is 6.81. The van der Waals surface area contributed by atoms with Gasteiger partial charge in [-0.3, -0.25) is 0 Å². The number of rotatable bonds is 6. The number of aromatic nitrogens is 2. The van der Waals surface area contributed by atoms with E-state index in [9.17, 15) is 4.79 Å². The molecular weight excluding hydrogens is 380 g/mol. The Morgan fingerprint density at radius 2 is 1.83 bits per heavy atom. The van der Waals surface area contributed by atoms with Crippen LogP contribution in [0.5, 0.6) is 5.75 Å². The summed E-state index contributed by atoms with van der Waals surface area (Å²) in [7, 11) is 0. The molecule has 4 rings (SSSR count). The summed E-state index contributed by atoms with van der Waals surface area (Å²) < 4.78 is 18.5. The van der Waals surface area contributed by atoms with Gasteiger partial charge in [0.05, 0.1) is 5.69 Å². The zero-order chi connectivity index (χ0) is 21.1. The third-order valence-corrected chi connectivity index (χ3v) is 4.73. The van der Waals surface area contributed by atoms with E-state index in [0.717, 1.165) is 11.4 Å². The van der Waals surface area contributed by atoms with E-state index < -0.39 is 5.97 Å². The van der Waals surface area contributed by atoms with Gasteiger partial charge in [-0.25, -0.2) is 9.78 Å². The molecule has 0 fully saturated rings. The largest absolute Gasteiger partial charge is 0.486 e. The lowest BCUT2D eigenvalue weighted by Crippen LogP contribution is -2.10. The third-order valence-electron chi connectivity index (χ3n) is 4.73. The average molecular weight is 404 g/mol. The van der Waals surface area contributed by atoms with Crippen molar-refractivity contribution in [2.24, 2.45) is 0 Å². The number of esters is 1. The van der Waals surface area contributed by atoms with Crippen molar-refractivity contribution in [3.8, 4) is 5.75 Å². The molecular formula is C24H24N2O4. The van der Waals surface area contributed by atoms with Crippen LogP contribution in [0, 0.1) is 0 Å². The van der Waals surface area contributed by atoms with E-state index in [2.05, 4.69) is 37.9 Å². The highest BCUT2D eigenvalue weighted by Gasteiger charge is 2.15. The molecule has 0 atom stereocenters. The maximum Gasteiger partial charge on any atom is 0.374 e. The highest BCUT2D eigenvalue weighted by atomic mass is 16.5. The maximum atomic E-state index is 12.3. The second-order valence-electron chi connectivity index (χ2n) is 8.10. The molecule has 0 aliphatic rings. The molecule has 154 valence electrons. The molecule has 6 nitrogen and oxygen atoms in total. The minimum Gasteiger partial charge on any atom is -0.486 e. The number of ether oxygens (including phenoxy) is 2. The Labute approximate surface area is 175 Å². The van der Waals surface area contributed by atoms with Gasteiger partial charge in [-0.2, -0.15) is 0 Å². The predicted octanol–water partition coefficient (Wildman–Crippen LogP) is 5.16. The smallest absolute Gasteiger partial charge is 0.374 e. The van der Waals surface area contributed by atoms with Gasteiger partial charge >= 0.3 is 5.97 Å². The van der Waals surface area contributed by atoms with Crippen LogP contribution in [0.15, 0.2) is 71.4 Å². The Morgan fingerprint density at radius 1 is 1.03 bits per heavy atom. The number of benzene rings is 1. The number of pyridine rings is 1. The molecule has 0 saturated heterocycles. The van der Waals surface area contributed by atoms with Gasteiger partial charge in [0.1, 0.15) is 30.4 Å². The van der Waals surface area contributed by atoms with Gasteiger partial charge in [0.2, 0.25) is 5.76 Å². The minimum absolute atomic E-state index is 0.0766. The van der Waals surface area contributed by atoms with Gasteiger partial charge in [0, 0.05) is 12.4 Å². The molecule has 3 heterocycles. The average Bonchev–Trinajstić information content (AvgIpc) is 3.37. The van der Waals surface area contributed by atoms with Crippen molar-refractivity contribution in [2.75, 3.05) is 0 Å². The molecule has 4 aromatic rings. The molecule has 0 saturated carbocycles. The van der Waals surface area contributed by atoms with Gasteiger partial charge in [-0.05, 0) is 47.4 Å². The molecule has 30 heavy (non-hydrogen) atoms. The van der Waals surface area contributed by atoms with Crippen LogP contribution in [0.4, 0.5) is 0 Å². The fourth-order valence-corrected chi connectivity index (χ4v) is 3.04. The second kappa shape index (κ2) is 8.06. The van der Waals surface area contributed by atoms with Crippen LogP contribution < -0.4 is 4.74 Å². The monoisotopic (exact) mass is 404 g/mol. The number of carbonyl (C=O) groups is 1. The van der Waals surface area contributed by atoms with Gasteiger partial charge in [-0.1, -0.05) is 39.0 Å². The molecule has 3 aromatic heterocycles. The van der Waals surface area contributed by atoms with Crippen LogP contribution in [-0.2, 0) is 23.4 Å². The fraction of sp³-hybridized carbons (Fsp3) is 0.250. The lowest BCUT2D eigenvalue weighted by molar-refractivity contribution is 0.0428. The number of furan rings is 1. The zero-order valence-electron chi connectivity index (χ0n) is 17.3. The number of imidazole rings is 1. The van der Waals surface area contributed by atoms with E-state index in [1.807, 2.05) is 47.1 Å². The van der Waals surface area contributed by atoms with Crippen LogP contribution in [0.1, 0.15) is 48.3 Å². The van der Waals surface area contributed by atoms with E-state index in [4.69, 9.17) is 13.9 Å². The predicted molar refractivity (Wildman–Crippen MR) is 112 cm³/mol. The van der Waals surface area contributed by atoms with Crippen molar-refractivity contribution in [3.05, 3.63) is 89.8 Å². The number of hydrogen-bond acceptors (Lipinski definition) is 5. The Bertz CT molecular complexity index is 1120. The van der Waals surface area contributed by atoms with Crippen LogP contribution >= 0.6 is 0 Å². The van der Waals surface area contributed by atoms with Crippen molar-refractivity contribution < 1.29 is 18.7 Å². The van der Waals surface area contributed by atoms with E-state index in [1.54, 1.807) is 12.1 Å². The first-order valence-corrected chi connectivity index (χ1v) is 9.80. The van der Waals surface area contributed by atoms with E-state index in [1.165, 1.54) is 5.56 Å². The summed E-state index contributed by atoms with van der Waals surface area (Å²) in [6, 6.07) is 17.0. The second-order valence-corrected chi connectivity index (χ2v) is 8.10. The lowest BCUT2D eigenvalue weighted by atomic mass is 9.87. The summed E-state index contributed by atoms with van der Waals surface area (Å²) in [5, 5.41) is 0. The highest BCUT2D eigenvalue weighted by molar-refractivity contribution is 5.86. The topological polar surface area (TPSA) is 66.0 Å². The number of nitrogens with zero attached hydrogens (tertiary/aromatic N) is 2. The van der Waals surface area contributed by atoms with Gasteiger partial charge in [0.25, 0.3) is 0 Å². The molecule has 0 aliphatic heterocycles. The molecule has 0 aliphatic carbocycles. The molecule has 0 spiro atoms. The quantitative estimate of drug-likeness (QED) is 0.415. The standard InChI is InChI=1S/C24H24N2O4/c1-24(2,3)17-7-9-19(10-8-17)28-16-20-11-12-21(30-20)23(27)29-15-18-14-26-13-5-4-6-22(26)25-18/h4-14H,15-16H2,1-3H3. The number of fused-ring (bicyclic) bond motifs is 1. The van der Waals surface area contributed by atoms with Gasteiger partial charge in [0.15, 0.2) is 0 Å². The number of carbonyl (C=O) groups excluding carboxylic acids is 1. The first kappa shape index (κ1) is 19.8. The summed E-state index contributed by atoms with van der Waals surface area (Å²) in [5.41, 5.74) is 2.81. The van der Waals surface area contributed by atoms with Crippen LogP contribution in [0.25, 0.3) is 5.65 Å². The van der Waals surface area contributed by atoms with E-state index in [0.29, 0.717) is 11.5 Å². The van der Waals surface area contributed by atoms with Crippen LogP contribution in [-0.4, -0.2) is 15.4 Å². The number of hydrogen-bond donors (Lipinski definition) is 0. The zero-order valence-corrected chi connectivity index (χ0v) is 17.3. The summed E-state index contributed by atoms with van der Waals surface area (Å²) in [5.74, 6) is 0.901. The van der Waals surface area contributed by atoms with Crippen molar-refractivity contribution in [2.45, 2.75) is 39.4 Å². The highest BCUT2D eigenvalue weighted by Crippen LogP contribution is 2.24. The molecule has 0 bridgehead atoms. The molecule has 0 unspecified atom stereocenters.